The SMILES string of the molecule is CCCCc1cc(=O)[nH]c(C)n1. The van der Waals surface area contributed by atoms with Gasteiger partial charge in [-0.15, -0.1) is 0 Å². The van der Waals surface area contributed by atoms with Crippen LogP contribution < -0.4 is 5.56 Å². The van der Waals surface area contributed by atoms with Crippen LogP contribution in [0.2, 0.25) is 0 Å². The van der Waals surface area contributed by atoms with Gasteiger partial charge in [0.1, 0.15) is 5.82 Å². The molecule has 0 saturated carbocycles. The number of hydrogen-bond donors (Lipinski definition) is 1. The molecule has 1 aromatic heterocycles. The Labute approximate surface area is 71.9 Å². The number of nitrogens with zero attached hydrogens (tertiary/aromatic N) is 1. The number of aromatic amines is 1. The molecule has 0 atom stereocenters. The monoisotopic (exact) mass is 166 g/mol. The molecule has 0 saturated heterocycles. The van der Waals surface area contributed by atoms with Gasteiger partial charge in [0.2, 0.25) is 0 Å². The highest BCUT2D eigenvalue weighted by molar-refractivity contribution is 5.01. The van der Waals surface area contributed by atoms with Gasteiger partial charge in [-0.2, -0.15) is 0 Å². The van der Waals surface area contributed by atoms with Gasteiger partial charge in [0, 0.05) is 11.8 Å². The second-order valence-electron chi connectivity index (χ2n) is 2.93. The summed E-state index contributed by atoms with van der Waals surface area (Å²) < 4.78 is 0. The number of unbranched alkanes of at least 4 members (excludes halogenated alkanes) is 1. The van der Waals surface area contributed by atoms with Gasteiger partial charge in [-0.3, -0.25) is 4.79 Å². The zero-order valence-electron chi connectivity index (χ0n) is 7.55. The van der Waals surface area contributed by atoms with Crippen molar-refractivity contribution in [3.63, 3.8) is 0 Å². The van der Waals surface area contributed by atoms with E-state index >= 15 is 0 Å². The van der Waals surface area contributed by atoms with E-state index in [1.165, 1.54) is 0 Å². The first-order valence-corrected chi connectivity index (χ1v) is 4.29. The lowest BCUT2D eigenvalue weighted by Gasteiger charge is -1.98. The van der Waals surface area contributed by atoms with E-state index in [4.69, 9.17) is 0 Å². The normalized spacial score (nSPS) is 10.2. The third kappa shape index (κ3) is 2.49. The molecule has 0 amide bonds. The average molecular weight is 166 g/mol. The smallest absolute Gasteiger partial charge is 0.251 e. The lowest BCUT2D eigenvalue weighted by molar-refractivity contribution is 0.765. The predicted molar refractivity (Wildman–Crippen MR) is 48.2 cm³/mol. The Morgan fingerprint density at radius 1 is 1.58 bits per heavy atom. The third-order valence-corrected chi connectivity index (χ3v) is 1.70. The number of aromatic nitrogens is 2. The van der Waals surface area contributed by atoms with Gasteiger partial charge in [0.05, 0.1) is 0 Å². The van der Waals surface area contributed by atoms with Gasteiger partial charge in [0.15, 0.2) is 0 Å². The van der Waals surface area contributed by atoms with Crippen LogP contribution in [-0.2, 0) is 6.42 Å². The van der Waals surface area contributed by atoms with Crippen molar-refractivity contribution < 1.29 is 0 Å². The summed E-state index contributed by atoms with van der Waals surface area (Å²) in [4.78, 5) is 17.8. The molecule has 1 aromatic rings. The van der Waals surface area contributed by atoms with Crippen LogP contribution in [-0.4, -0.2) is 9.97 Å². The molecule has 66 valence electrons. The highest BCUT2D eigenvalue weighted by Crippen LogP contribution is 1.98. The van der Waals surface area contributed by atoms with Crippen molar-refractivity contribution in [3.8, 4) is 0 Å². The summed E-state index contributed by atoms with van der Waals surface area (Å²) in [5.74, 6) is 0.702. The first-order valence-electron chi connectivity index (χ1n) is 4.29. The molecule has 0 aliphatic carbocycles. The van der Waals surface area contributed by atoms with E-state index in [1.807, 2.05) is 0 Å². The zero-order valence-corrected chi connectivity index (χ0v) is 7.55. The van der Waals surface area contributed by atoms with Gasteiger partial charge < -0.3 is 4.98 Å². The quantitative estimate of drug-likeness (QED) is 0.738. The number of rotatable bonds is 3. The highest BCUT2D eigenvalue weighted by Gasteiger charge is 1.96. The molecule has 3 nitrogen and oxygen atoms in total. The van der Waals surface area contributed by atoms with Gasteiger partial charge >= 0.3 is 0 Å². The summed E-state index contributed by atoms with van der Waals surface area (Å²) in [5.41, 5.74) is 0.853. The van der Waals surface area contributed by atoms with Crippen LogP contribution >= 0.6 is 0 Å². The largest absolute Gasteiger partial charge is 0.311 e. The van der Waals surface area contributed by atoms with Crippen molar-refractivity contribution in [1.82, 2.24) is 9.97 Å². The van der Waals surface area contributed by atoms with Gasteiger partial charge in [0.25, 0.3) is 5.56 Å². The Morgan fingerprint density at radius 3 is 2.92 bits per heavy atom. The molecule has 0 fully saturated rings. The molecule has 0 aromatic carbocycles. The summed E-state index contributed by atoms with van der Waals surface area (Å²) in [6.07, 6.45) is 3.13. The lowest BCUT2D eigenvalue weighted by Crippen LogP contribution is -2.10. The molecule has 12 heavy (non-hydrogen) atoms. The minimum absolute atomic E-state index is 0.0476. The topological polar surface area (TPSA) is 45.8 Å². The maximum absolute atomic E-state index is 11.0. The second kappa shape index (κ2) is 4.04. The van der Waals surface area contributed by atoms with Crippen LogP contribution in [0.25, 0.3) is 0 Å². The van der Waals surface area contributed by atoms with Crippen molar-refractivity contribution in [1.29, 1.82) is 0 Å². The second-order valence-corrected chi connectivity index (χ2v) is 2.93. The molecule has 1 rings (SSSR count). The molecular formula is C9H14N2O. The molecule has 0 spiro atoms. The molecule has 0 bridgehead atoms. The standard InChI is InChI=1S/C9H14N2O/c1-3-4-5-8-6-9(12)11-7(2)10-8/h6H,3-5H2,1-2H3,(H,10,11,12). The van der Waals surface area contributed by atoms with Crippen LogP contribution in [0.5, 0.6) is 0 Å². The van der Waals surface area contributed by atoms with E-state index in [-0.39, 0.29) is 5.56 Å². The van der Waals surface area contributed by atoms with E-state index in [2.05, 4.69) is 16.9 Å². The van der Waals surface area contributed by atoms with E-state index < -0.39 is 0 Å². The van der Waals surface area contributed by atoms with Crippen LogP contribution in [0.3, 0.4) is 0 Å². The van der Waals surface area contributed by atoms with Crippen LogP contribution in [0.15, 0.2) is 10.9 Å². The molecule has 0 radical (unpaired) electrons. The van der Waals surface area contributed by atoms with E-state index in [9.17, 15) is 4.79 Å². The minimum atomic E-state index is -0.0476. The van der Waals surface area contributed by atoms with Crippen molar-refractivity contribution in [2.45, 2.75) is 33.1 Å². The van der Waals surface area contributed by atoms with Crippen LogP contribution in [0.4, 0.5) is 0 Å². The first-order chi connectivity index (χ1) is 5.72. The highest BCUT2D eigenvalue weighted by atomic mass is 16.1. The Morgan fingerprint density at radius 2 is 2.33 bits per heavy atom. The number of H-pyrrole nitrogens is 1. The van der Waals surface area contributed by atoms with Crippen molar-refractivity contribution in [3.05, 3.63) is 27.9 Å². The number of aryl methyl sites for hydroxylation is 2. The van der Waals surface area contributed by atoms with Gasteiger partial charge in [-0.1, -0.05) is 13.3 Å². The number of hydrogen-bond acceptors (Lipinski definition) is 2. The van der Waals surface area contributed by atoms with Crippen molar-refractivity contribution in [2.24, 2.45) is 0 Å². The lowest BCUT2D eigenvalue weighted by atomic mass is 10.2. The molecular weight excluding hydrogens is 152 g/mol. The summed E-state index contributed by atoms with van der Waals surface area (Å²) in [6.45, 7) is 3.93. The third-order valence-electron chi connectivity index (χ3n) is 1.70. The van der Waals surface area contributed by atoms with Crippen LogP contribution in [0.1, 0.15) is 31.3 Å². The fourth-order valence-electron chi connectivity index (χ4n) is 1.13. The van der Waals surface area contributed by atoms with Crippen molar-refractivity contribution >= 4 is 0 Å². The molecule has 1 heterocycles. The maximum Gasteiger partial charge on any atom is 0.251 e. The van der Waals surface area contributed by atoms with Crippen molar-refractivity contribution in [2.75, 3.05) is 0 Å². The minimum Gasteiger partial charge on any atom is -0.311 e. The molecule has 3 heteroatoms. The Kier molecular flexibility index (Phi) is 3.02. The Hall–Kier alpha value is -1.12. The Balaban J connectivity index is 2.79. The Bertz CT molecular complexity index is 304. The van der Waals surface area contributed by atoms with E-state index in [0.29, 0.717) is 5.82 Å². The molecule has 0 unspecified atom stereocenters. The van der Waals surface area contributed by atoms with Gasteiger partial charge in [-0.05, 0) is 19.8 Å². The zero-order chi connectivity index (χ0) is 8.97. The van der Waals surface area contributed by atoms with E-state index in [0.717, 1.165) is 25.0 Å². The van der Waals surface area contributed by atoms with Crippen LogP contribution in [0, 0.1) is 6.92 Å². The van der Waals surface area contributed by atoms with E-state index in [1.54, 1.807) is 13.0 Å². The fraction of sp³-hybridized carbons (Fsp3) is 0.556. The molecule has 1 N–H and O–H groups in total. The summed E-state index contributed by atoms with van der Waals surface area (Å²) in [6, 6.07) is 1.57. The maximum atomic E-state index is 11.0. The summed E-state index contributed by atoms with van der Waals surface area (Å²) in [7, 11) is 0. The average Bonchev–Trinajstić information content (AvgIpc) is 1.99. The molecule has 0 aliphatic heterocycles. The summed E-state index contributed by atoms with van der Waals surface area (Å²) >= 11 is 0. The number of nitrogens with one attached hydrogen (secondary N) is 1. The predicted octanol–water partition coefficient (Wildman–Crippen LogP) is 1.42. The first kappa shape index (κ1) is 8.97. The van der Waals surface area contributed by atoms with Gasteiger partial charge in [-0.25, -0.2) is 4.98 Å². The summed E-state index contributed by atoms with van der Waals surface area (Å²) in [5, 5.41) is 0. The molecule has 0 aliphatic rings. The fourth-order valence-corrected chi connectivity index (χ4v) is 1.13.